The first-order chi connectivity index (χ1) is 10.7. The third-order valence-electron chi connectivity index (χ3n) is 3.44. The summed E-state index contributed by atoms with van der Waals surface area (Å²) >= 11 is 0. The Morgan fingerprint density at radius 2 is 1.35 bits per heavy atom. The van der Waals surface area contributed by atoms with E-state index >= 15 is 0 Å². The van der Waals surface area contributed by atoms with Crippen LogP contribution in [0.5, 0.6) is 0 Å². The van der Waals surface area contributed by atoms with Crippen molar-refractivity contribution >= 4 is 11.9 Å². The Kier molecular flexibility index (Phi) is 6.76. The van der Waals surface area contributed by atoms with Gasteiger partial charge in [0.2, 0.25) is 0 Å². The SMILES string of the molecule is Cc1ccc(C(O)(COC(=O)C(C)C)COC(=O)C(C)C)cc1. The Bertz CT molecular complexity index is 507. The van der Waals surface area contributed by atoms with Crippen molar-refractivity contribution in [2.24, 2.45) is 11.8 Å². The van der Waals surface area contributed by atoms with Crippen molar-refractivity contribution in [1.82, 2.24) is 0 Å². The summed E-state index contributed by atoms with van der Waals surface area (Å²) in [5.41, 5.74) is 0.00802. The van der Waals surface area contributed by atoms with Crippen LogP contribution >= 0.6 is 0 Å². The van der Waals surface area contributed by atoms with Gasteiger partial charge in [-0.3, -0.25) is 9.59 Å². The van der Waals surface area contributed by atoms with Gasteiger partial charge < -0.3 is 14.6 Å². The summed E-state index contributed by atoms with van der Waals surface area (Å²) in [6, 6.07) is 7.16. The normalized spacial score (nSPS) is 11.7. The second-order valence-electron chi connectivity index (χ2n) is 6.42. The zero-order valence-corrected chi connectivity index (χ0v) is 14.5. The molecule has 0 radical (unpaired) electrons. The minimum atomic E-state index is -1.57. The highest BCUT2D eigenvalue weighted by atomic mass is 16.6. The van der Waals surface area contributed by atoms with E-state index in [9.17, 15) is 14.7 Å². The first-order valence-corrected chi connectivity index (χ1v) is 7.78. The monoisotopic (exact) mass is 322 g/mol. The lowest BCUT2D eigenvalue weighted by molar-refractivity contribution is -0.168. The second-order valence-corrected chi connectivity index (χ2v) is 6.42. The van der Waals surface area contributed by atoms with E-state index in [0.29, 0.717) is 5.56 Å². The number of hydrogen-bond acceptors (Lipinski definition) is 5. The topological polar surface area (TPSA) is 72.8 Å². The van der Waals surface area contributed by atoms with Crippen molar-refractivity contribution in [2.45, 2.75) is 40.2 Å². The molecule has 1 N–H and O–H groups in total. The molecular formula is C18H26O5. The van der Waals surface area contributed by atoms with Crippen LogP contribution in [0.2, 0.25) is 0 Å². The minimum absolute atomic E-state index is 0.265. The van der Waals surface area contributed by atoms with E-state index in [2.05, 4.69) is 0 Å². The van der Waals surface area contributed by atoms with E-state index in [1.165, 1.54) is 0 Å². The van der Waals surface area contributed by atoms with Crippen LogP contribution in [-0.4, -0.2) is 30.3 Å². The molecule has 0 aromatic heterocycles. The number of aryl methyl sites for hydroxylation is 1. The summed E-state index contributed by atoms with van der Waals surface area (Å²) in [5, 5.41) is 10.9. The van der Waals surface area contributed by atoms with Crippen LogP contribution in [-0.2, 0) is 24.7 Å². The highest BCUT2D eigenvalue weighted by molar-refractivity contribution is 5.72. The van der Waals surface area contributed by atoms with Crippen molar-refractivity contribution < 1.29 is 24.2 Å². The van der Waals surface area contributed by atoms with Gasteiger partial charge in [-0.15, -0.1) is 0 Å². The molecule has 0 aliphatic rings. The molecule has 0 spiro atoms. The van der Waals surface area contributed by atoms with E-state index in [1.54, 1.807) is 39.8 Å². The van der Waals surface area contributed by atoms with Crippen LogP contribution in [0.3, 0.4) is 0 Å². The average molecular weight is 322 g/mol. The van der Waals surface area contributed by atoms with Gasteiger partial charge in [-0.1, -0.05) is 57.5 Å². The lowest BCUT2D eigenvalue weighted by atomic mass is 9.94. The Morgan fingerprint density at radius 3 is 1.70 bits per heavy atom. The molecule has 128 valence electrons. The highest BCUT2D eigenvalue weighted by Gasteiger charge is 2.34. The standard InChI is InChI=1S/C18H26O5/c1-12(2)16(19)22-10-18(21,11-23-17(20)13(3)4)15-8-6-14(5)7-9-15/h6-9,12-13,21H,10-11H2,1-5H3. The Hall–Kier alpha value is -1.88. The highest BCUT2D eigenvalue weighted by Crippen LogP contribution is 2.24. The maximum atomic E-state index is 11.7. The van der Waals surface area contributed by atoms with Gasteiger partial charge in [0.25, 0.3) is 0 Å². The Balaban J connectivity index is 2.92. The molecular weight excluding hydrogens is 296 g/mol. The smallest absolute Gasteiger partial charge is 0.308 e. The van der Waals surface area contributed by atoms with E-state index in [1.807, 2.05) is 19.1 Å². The van der Waals surface area contributed by atoms with Crippen molar-refractivity contribution in [3.8, 4) is 0 Å². The molecule has 5 nitrogen and oxygen atoms in total. The average Bonchev–Trinajstić information content (AvgIpc) is 2.50. The van der Waals surface area contributed by atoms with Gasteiger partial charge in [0.15, 0.2) is 5.60 Å². The van der Waals surface area contributed by atoms with Crippen LogP contribution in [0, 0.1) is 18.8 Å². The predicted molar refractivity (Wildman–Crippen MR) is 86.7 cm³/mol. The summed E-state index contributed by atoms with van der Waals surface area (Å²) in [4.78, 5) is 23.4. The number of aliphatic hydroxyl groups is 1. The quantitative estimate of drug-likeness (QED) is 0.781. The third kappa shape index (κ3) is 5.67. The maximum Gasteiger partial charge on any atom is 0.308 e. The molecule has 0 saturated heterocycles. The lowest BCUT2D eigenvalue weighted by Crippen LogP contribution is -2.39. The molecule has 0 unspecified atom stereocenters. The van der Waals surface area contributed by atoms with E-state index in [4.69, 9.17) is 9.47 Å². The van der Waals surface area contributed by atoms with Crippen molar-refractivity contribution in [2.75, 3.05) is 13.2 Å². The van der Waals surface area contributed by atoms with Gasteiger partial charge in [-0.2, -0.15) is 0 Å². The molecule has 23 heavy (non-hydrogen) atoms. The van der Waals surface area contributed by atoms with Crippen LogP contribution in [0.1, 0.15) is 38.8 Å². The number of rotatable bonds is 7. The molecule has 0 atom stereocenters. The number of esters is 2. The third-order valence-corrected chi connectivity index (χ3v) is 3.44. The fourth-order valence-corrected chi connectivity index (χ4v) is 1.79. The fraction of sp³-hybridized carbons (Fsp3) is 0.556. The van der Waals surface area contributed by atoms with Crippen molar-refractivity contribution in [3.63, 3.8) is 0 Å². The van der Waals surface area contributed by atoms with E-state index in [-0.39, 0.29) is 25.0 Å². The number of hydrogen-bond donors (Lipinski definition) is 1. The van der Waals surface area contributed by atoms with Crippen LogP contribution in [0.15, 0.2) is 24.3 Å². The van der Waals surface area contributed by atoms with Gasteiger partial charge in [0.05, 0.1) is 11.8 Å². The molecule has 0 aliphatic heterocycles. The number of benzene rings is 1. The minimum Gasteiger partial charge on any atom is -0.462 e. The molecule has 0 fully saturated rings. The van der Waals surface area contributed by atoms with Crippen molar-refractivity contribution in [3.05, 3.63) is 35.4 Å². The Morgan fingerprint density at radius 1 is 0.957 bits per heavy atom. The van der Waals surface area contributed by atoms with Gasteiger partial charge >= 0.3 is 11.9 Å². The molecule has 1 aromatic rings. The predicted octanol–water partition coefficient (Wildman–Crippen LogP) is 2.58. The van der Waals surface area contributed by atoms with Crippen LogP contribution < -0.4 is 0 Å². The number of carbonyl (C=O) groups excluding carboxylic acids is 2. The summed E-state index contributed by atoms with van der Waals surface area (Å²) in [6.45, 7) is 8.26. The number of carbonyl (C=O) groups is 2. The zero-order chi connectivity index (χ0) is 17.6. The van der Waals surface area contributed by atoms with E-state index < -0.39 is 17.5 Å². The summed E-state index contributed by atoms with van der Waals surface area (Å²) < 4.78 is 10.3. The van der Waals surface area contributed by atoms with Gasteiger partial charge in [0, 0.05) is 0 Å². The molecule has 5 heteroatoms. The van der Waals surface area contributed by atoms with E-state index in [0.717, 1.165) is 5.56 Å². The van der Waals surface area contributed by atoms with Gasteiger partial charge in [-0.05, 0) is 12.5 Å². The molecule has 0 heterocycles. The summed E-state index contributed by atoms with van der Waals surface area (Å²) in [7, 11) is 0. The fourth-order valence-electron chi connectivity index (χ4n) is 1.79. The molecule has 1 rings (SSSR count). The molecule has 0 amide bonds. The van der Waals surface area contributed by atoms with Crippen LogP contribution in [0.25, 0.3) is 0 Å². The lowest BCUT2D eigenvalue weighted by Gasteiger charge is -2.28. The zero-order valence-electron chi connectivity index (χ0n) is 14.5. The summed E-state index contributed by atoms with van der Waals surface area (Å²) in [5.74, 6) is -1.41. The maximum absolute atomic E-state index is 11.7. The first-order valence-electron chi connectivity index (χ1n) is 7.78. The van der Waals surface area contributed by atoms with Crippen molar-refractivity contribution in [1.29, 1.82) is 0 Å². The summed E-state index contributed by atoms with van der Waals surface area (Å²) in [6.07, 6.45) is 0. The first kappa shape index (κ1) is 19.2. The Labute approximate surface area is 137 Å². The van der Waals surface area contributed by atoms with Crippen LogP contribution in [0.4, 0.5) is 0 Å². The largest absolute Gasteiger partial charge is 0.462 e. The molecule has 0 aliphatic carbocycles. The second kappa shape index (κ2) is 8.11. The van der Waals surface area contributed by atoms with Gasteiger partial charge in [-0.25, -0.2) is 0 Å². The molecule has 1 aromatic carbocycles. The molecule has 0 bridgehead atoms. The van der Waals surface area contributed by atoms with Gasteiger partial charge in [0.1, 0.15) is 13.2 Å². The molecule has 0 saturated carbocycles. The number of ether oxygens (including phenoxy) is 2.